The van der Waals surface area contributed by atoms with Gasteiger partial charge >= 0.3 is 5.97 Å². The highest BCUT2D eigenvalue weighted by Crippen LogP contribution is 2.25. The van der Waals surface area contributed by atoms with Gasteiger partial charge in [0.25, 0.3) is 0 Å². The van der Waals surface area contributed by atoms with E-state index in [1.165, 1.54) is 11.1 Å². The van der Waals surface area contributed by atoms with Gasteiger partial charge in [-0.25, -0.2) is 4.79 Å². The summed E-state index contributed by atoms with van der Waals surface area (Å²) in [4.78, 5) is 11.1. The monoisotopic (exact) mass is 324 g/mol. The van der Waals surface area contributed by atoms with Crippen molar-refractivity contribution in [1.82, 2.24) is 0 Å². The topological polar surface area (TPSA) is 62.1 Å². The lowest BCUT2D eigenvalue weighted by Crippen LogP contribution is -2.19. The maximum absolute atomic E-state index is 11.1. The van der Waals surface area contributed by atoms with Gasteiger partial charge in [0.05, 0.1) is 18.4 Å². The van der Waals surface area contributed by atoms with Gasteiger partial charge in [-0.15, -0.1) is 0 Å². The first kappa shape index (κ1) is 16.1. The van der Waals surface area contributed by atoms with Crippen LogP contribution < -0.4 is 9.75 Å². The highest BCUT2D eigenvalue weighted by atomic mass is 16.5. The molecule has 0 saturated heterocycles. The summed E-state index contributed by atoms with van der Waals surface area (Å²) in [5.74, 6) is -0.0749. The maximum atomic E-state index is 11.1. The Kier molecular flexibility index (Phi) is 4.51. The molecule has 124 valence electrons. The molecule has 0 amide bonds. The molecule has 0 spiro atoms. The Morgan fingerprint density at radius 3 is 2.75 bits per heavy atom. The predicted octanol–water partition coefficient (Wildman–Crippen LogP) is 3.37. The SMILES string of the molecule is COc1ccc2c(c1)C/C(=N\N(C)c1cccc(C(=O)O)c1)CC2. The Hall–Kier alpha value is -2.82. The molecule has 1 aliphatic rings. The average Bonchev–Trinajstić information content (AvgIpc) is 2.61. The van der Waals surface area contributed by atoms with Crippen molar-refractivity contribution in [3.8, 4) is 5.75 Å². The van der Waals surface area contributed by atoms with Crippen molar-refractivity contribution in [2.45, 2.75) is 19.3 Å². The fraction of sp³-hybridized carbons (Fsp3) is 0.263. The predicted molar refractivity (Wildman–Crippen MR) is 94.3 cm³/mol. The fourth-order valence-corrected chi connectivity index (χ4v) is 2.92. The van der Waals surface area contributed by atoms with Gasteiger partial charge in [0.15, 0.2) is 0 Å². The molecule has 0 aliphatic heterocycles. The number of carboxylic acid groups (broad SMARTS) is 1. The van der Waals surface area contributed by atoms with Crippen LogP contribution in [0.1, 0.15) is 27.9 Å². The summed E-state index contributed by atoms with van der Waals surface area (Å²) in [5.41, 5.74) is 4.69. The van der Waals surface area contributed by atoms with Crippen LogP contribution >= 0.6 is 0 Å². The number of anilines is 1. The van der Waals surface area contributed by atoms with Crippen LogP contribution in [0.2, 0.25) is 0 Å². The van der Waals surface area contributed by atoms with E-state index in [0.29, 0.717) is 0 Å². The third-order valence-corrected chi connectivity index (χ3v) is 4.25. The van der Waals surface area contributed by atoms with Gasteiger partial charge in [-0.3, -0.25) is 5.01 Å². The standard InChI is InChI=1S/C19H20N2O3/c1-21(17-5-3-4-14(11-17)19(22)23)20-16-8-6-13-7-9-18(24-2)12-15(13)10-16/h3-5,7,9,11-12H,6,8,10H2,1-2H3,(H,22,23)/b20-16-. The van der Waals surface area contributed by atoms with Crippen molar-refractivity contribution in [3.05, 3.63) is 59.2 Å². The molecule has 1 aliphatic carbocycles. The number of benzene rings is 2. The van der Waals surface area contributed by atoms with Gasteiger partial charge in [-0.1, -0.05) is 12.1 Å². The number of fused-ring (bicyclic) bond motifs is 1. The van der Waals surface area contributed by atoms with Gasteiger partial charge in [-0.05, 0) is 54.3 Å². The maximum Gasteiger partial charge on any atom is 0.335 e. The molecule has 0 fully saturated rings. The molecule has 1 N–H and O–H groups in total. The molecule has 24 heavy (non-hydrogen) atoms. The fourth-order valence-electron chi connectivity index (χ4n) is 2.92. The Morgan fingerprint density at radius 1 is 1.17 bits per heavy atom. The Balaban J connectivity index is 1.81. The van der Waals surface area contributed by atoms with Crippen LogP contribution in [0.3, 0.4) is 0 Å². The van der Waals surface area contributed by atoms with E-state index in [2.05, 4.69) is 17.2 Å². The Labute approximate surface area is 141 Å². The van der Waals surface area contributed by atoms with Crippen molar-refractivity contribution in [2.75, 3.05) is 19.2 Å². The zero-order valence-electron chi connectivity index (χ0n) is 13.8. The van der Waals surface area contributed by atoms with E-state index in [-0.39, 0.29) is 5.56 Å². The Morgan fingerprint density at radius 2 is 2.00 bits per heavy atom. The van der Waals surface area contributed by atoms with E-state index in [4.69, 9.17) is 9.84 Å². The second kappa shape index (κ2) is 6.74. The summed E-state index contributed by atoms with van der Waals surface area (Å²) in [5, 5.41) is 15.5. The van der Waals surface area contributed by atoms with Gasteiger partial charge in [-0.2, -0.15) is 5.10 Å². The van der Waals surface area contributed by atoms with Crippen molar-refractivity contribution in [3.63, 3.8) is 0 Å². The van der Waals surface area contributed by atoms with Crippen LogP contribution in [0.4, 0.5) is 5.69 Å². The lowest BCUT2D eigenvalue weighted by molar-refractivity contribution is 0.0697. The van der Waals surface area contributed by atoms with Crippen molar-refractivity contribution in [2.24, 2.45) is 5.10 Å². The smallest absolute Gasteiger partial charge is 0.335 e. The number of nitrogens with zero attached hydrogens (tertiary/aromatic N) is 2. The second-order valence-corrected chi connectivity index (χ2v) is 5.86. The molecule has 2 aromatic carbocycles. The van der Waals surface area contributed by atoms with Crippen molar-refractivity contribution >= 4 is 17.4 Å². The number of rotatable bonds is 4. The lowest BCUT2D eigenvalue weighted by Gasteiger charge is -2.21. The molecule has 0 bridgehead atoms. The molecule has 5 nitrogen and oxygen atoms in total. The number of methoxy groups -OCH3 is 1. The van der Waals surface area contributed by atoms with E-state index in [1.54, 1.807) is 30.3 Å². The van der Waals surface area contributed by atoms with Crippen LogP contribution in [0, 0.1) is 0 Å². The first-order valence-electron chi connectivity index (χ1n) is 7.86. The van der Waals surface area contributed by atoms with Gasteiger partial charge < -0.3 is 9.84 Å². The molecule has 0 saturated carbocycles. The minimum Gasteiger partial charge on any atom is -0.497 e. The van der Waals surface area contributed by atoms with Crippen LogP contribution in [-0.4, -0.2) is 30.9 Å². The lowest BCUT2D eigenvalue weighted by atomic mass is 9.90. The summed E-state index contributed by atoms with van der Waals surface area (Å²) >= 11 is 0. The largest absolute Gasteiger partial charge is 0.497 e. The van der Waals surface area contributed by atoms with Crippen LogP contribution in [0.25, 0.3) is 0 Å². The first-order chi connectivity index (χ1) is 11.6. The van der Waals surface area contributed by atoms with E-state index >= 15 is 0 Å². The van der Waals surface area contributed by atoms with Gasteiger partial charge in [0, 0.05) is 19.2 Å². The number of hydrogen-bond acceptors (Lipinski definition) is 4. The van der Waals surface area contributed by atoms with Gasteiger partial charge in [0.1, 0.15) is 5.75 Å². The second-order valence-electron chi connectivity index (χ2n) is 5.86. The minimum absolute atomic E-state index is 0.262. The van der Waals surface area contributed by atoms with Crippen molar-refractivity contribution in [1.29, 1.82) is 0 Å². The van der Waals surface area contributed by atoms with Crippen LogP contribution in [-0.2, 0) is 12.8 Å². The molecule has 0 atom stereocenters. The van der Waals surface area contributed by atoms with Crippen LogP contribution in [0.5, 0.6) is 5.75 Å². The summed E-state index contributed by atoms with van der Waals surface area (Å²) in [6.45, 7) is 0. The third-order valence-electron chi connectivity index (χ3n) is 4.25. The first-order valence-corrected chi connectivity index (χ1v) is 7.86. The minimum atomic E-state index is -0.934. The molecular formula is C19H20N2O3. The number of ether oxygens (including phenoxy) is 1. The zero-order chi connectivity index (χ0) is 17.1. The highest BCUT2D eigenvalue weighted by molar-refractivity contribution is 5.90. The molecule has 3 rings (SSSR count). The number of carbonyl (C=O) groups is 1. The van der Waals surface area contributed by atoms with E-state index < -0.39 is 5.97 Å². The number of hydrazone groups is 1. The van der Waals surface area contributed by atoms with E-state index in [9.17, 15) is 4.79 Å². The number of aromatic carboxylic acids is 1. The van der Waals surface area contributed by atoms with Crippen molar-refractivity contribution < 1.29 is 14.6 Å². The molecule has 0 aromatic heterocycles. The number of hydrogen-bond donors (Lipinski definition) is 1. The van der Waals surface area contributed by atoms with E-state index in [1.807, 2.05) is 19.2 Å². The Bertz CT molecular complexity index is 799. The summed E-state index contributed by atoms with van der Waals surface area (Å²) in [6, 6.07) is 13.0. The molecule has 0 heterocycles. The summed E-state index contributed by atoms with van der Waals surface area (Å²) < 4.78 is 5.30. The molecular weight excluding hydrogens is 304 g/mol. The zero-order valence-corrected chi connectivity index (χ0v) is 13.8. The number of aryl methyl sites for hydroxylation is 1. The molecule has 0 unspecified atom stereocenters. The average molecular weight is 324 g/mol. The summed E-state index contributed by atoms with van der Waals surface area (Å²) in [6.07, 6.45) is 2.65. The quantitative estimate of drug-likeness (QED) is 0.876. The third kappa shape index (κ3) is 3.40. The van der Waals surface area contributed by atoms with Gasteiger partial charge in [0.2, 0.25) is 0 Å². The molecule has 2 aromatic rings. The molecule has 5 heteroatoms. The summed E-state index contributed by atoms with van der Waals surface area (Å²) in [7, 11) is 3.51. The molecule has 0 radical (unpaired) electrons. The van der Waals surface area contributed by atoms with E-state index in [0.717, 1.165) is 36.4 Å². The van der Waals surface area contributed by atoms with Crippen LogP contribution in [0.15, 0.2) is 47.6 Å². The normalized spacial score (nSPS) is 15.0. The highest BCUT2D eigenvalue weighted by Gasteiger charge is 2.16. The number of carboxylic acids is 1.